The molecule has 2 aromatic heterocycles. The van der Waals surface area contributed by atoms with Crippen LogP contribution in [0.15, 0.2) is 23.0 Å². The van der Waals surface area contributed by atoms with Crippen molar-refractivity contribution in [3.8, 4) is 0 Å². The maximum Gasteiger partial charge on any atom is 0.246 e. The minimum absolute atomic E-state index is 0.0511. The first-order valence-electron chi connectivity index (χ1n) is 5.41. The van der Waals surface area contributed by atoms with Crippen molar-refractivity contribution >= 4 is 0 Å². The number of aryl methyl sites for hydroxylation is 1. The number of hydrogen-bond donors (Lipinski definition) is 1. The highest BCUT2D eigenvalue weighted by molar-refractivity contribution is 5.14. The Balaban J connectivity index is 2.08. The summed E-state index contributed by atoms with van der Waals surface area (Å²) in [6.45, 7) is 4.56. The minimum Gasteiger partial charge on any atom is -0.345 e. The zero-order valence-electron chi connectivity index (χ0n) is 9.55. The smallest absolute Gasteiger partial charge is 0.246 e. The lowest BCUT2D eigenvalue weighted by Gasteiger charge is -2.00. The fourth-order valence-corrected chi connectivity index (χ4v) is 1.48. The van der Waals surface area contributed by atoms with Crippen LogP contribution < -0.4 is 5.73 Å². The van der Waals surface area contributed by atoms with E-state index in [-0.39, 0.29) is 6.04 Å². The molecule has 0 amide bonds. The minimum atomic E-state index is 0.0511. The van der Waals surface area contributed by atoms with E-state index in [0.717, 1.165) is 17.8 Å². The van der Waals surface area contributed by atoms with Crippen molar-refractivity contribution in [2.45, 2.75) is 32.9 Å². The predicted molar refractivity (Wildman–Crippen MR) is 59.8 cm³/mol. The van der Waals surface area contributed by atoms with Crippen LogP contribution in [0.2, 0.25) is 0 Å². The van der Waals surface area contributed by atoms with Crippen LogP contribution in [-0.4, -0.2) is 14.7 Å². The Morgan fingerprint density at radius 1 is 1.56 bits per heavy atom. The van der Waals surface area contributed by atoms with E-state index in [2.05, 4.69) is 10.1 Å². The van der Waals surface area contributed by atoms with Gasteiger partial charge in [-0.1, -0.05) is 12.1 Å². The topological polar surface area (TPSA) is 69.9 Å². The van der Waals surface area contributed by atoms with Crippen molar-refractivity contribution < 1.29 is 4.52 Å². The van der Waals surface area contributed by atoms with Crippen LogP contribution in [0, 0.1) is 0 Å². The molecule has 16 heavy (non-hydrogen) atoms. The Kier molecular flexibility index (Phi) is 3.05. The molecular formula is C11H16N4O. The van der Waals surface area contributed by atoms with Crippen molar-refractivity contribution in [1.82, 2.24) is 14.7 Å². The summed E-state index contributed by atoms with van der Waals surface area (Å²) >= 11 is 0. The lowest BCUT2D eigenvalue weighted by Crippen LogP contribution is -2.04. The van der Waals surface area contributed by atoms with Crippen molar-refractivity contribution in [2.75, 3.05) is 0 Å². The molecule has 5 nitrogen and oxygen atoms in total. The molecule has 1 unspecified atom stereocenters. The number of nitrogens with two attached hydrogens (primary N) is 1. The number of aromatic nitrogens is 3. The summed E-state index contributed by atoms with van der Waals surface area (Å²) < 4.78 is 7.11. The molecule has 2 N–H and O–H groups in total. The van der Waals surface area contributed by atoms with E-state index in [1.54, 1.807) is 0 Å². The van der Waals surface area contributed by atoms with Crippen molar-refractivity contribution in [1.29, 1.82) is 0 Å². The molecular weight excluding hydrogens is 204 g/mol. The van der Waals surface area contributed by atoms with E-state index in [0.29, 0.717) is 12.4 Å². The molecule has 0 aliphatic carbocycles. The summed E-state index contributed by atoms with van der Waals surface area (Å²) in [5.41, 5.74) is 6.89. The molecule has 5 heteroatoms. The van der Waals surface area contributed by atoms with Gasteiger partial charge in [-0.25, -0.2) is 0 Å². The molecule has 0 saturated carbocycles. The van der Waals surface area contributed by atoms with Crippen LogP contribution in [-0.2, 0) is 13.0 Å². The monoisotopic (exact) mass is 220 g/mol. The standard InChI is InChI=1S/C11H16N4O/c1-3-10-13-11(16-14-10)7-15-5-4-9(6-15)8(2)12/h4-6,8H,3,7,12H2,1-2H3. The van der Waals surface area contributed by atoms with Gasteiger partial charge in [0.15, 0.2) is 5.82 Å². The van der Waals surface area contributed by atoms with Gasteiger partial charge in [-0.2, -0.15) is 4.98 Å². The zero-order valence-corrected chi connectivity index (χ0v) is 9.55. The third-order valence-corrected chi connectivity index (χ3v) is 2.44. The Hall–Kier alpha value is -1.62. The molecule has 0 radical (unpaired) electrons. The second kappa shape index (κ2) is 4.49. The van der Waals surface area contributed by atoms with E-state index < -0.39 is 0 Å². The van der Waals surface area contributed by atoms with Gasteiger partial charge in [0.1, 0.15) is 6.54 Å². The molecule has 0 aliphatic rings. The molecule has 1 atom stereocenters. The van der Waals surface area contributed by atoms with Gasteiger partial charge in [0, 0.05) is 24.9 Å². The maximum atomic E-state index is 5.78. The summed E-state index contributed by atoms with van der Waals surface area (Å²) in [5.74, 6) is 1.37. The van der Waals surface area contributed by atoms with Crippen LogP contribution in [0.3, 0.4) is 0 Å². The van der Waals surface area contributed by atoms with Crippen LogP contribution in [0.1, 0.15) is 37.2 Å². The Morgan fingerprint density at radius 2 is 2.38 bits per heavy atom. The van der Waals surface area contributed by atoms with E-state index in [4.69, 9.17) is 10.3 Å². The van der Waals surface area contributed by atoms with Gasteiger partial charge in [0.05, 0.1) is 0 Å². The Morgan fingerprint density at radius 3 is 2.94 bits per heavy atom. The number of hydrogen-bond acceptors (Lipinski definition) is 4. The fourth-order valence-electron chi connectivity index (χ4n) is 1.48. The predicted octanol–water partition coefficient (Wildman–Crippen LogP) is 1.50. The molecule has 0 aliphatic heterocycles. The average Bonchev–Trinajstić information content (AvgIpc) is 2.87. The second-order valence-corrected chi connectivity index (χ2v) is 3.86. The van der Waals surface area contributed by atoms with E-state index >= 15 is 0 Å². The fraction of sp³-hybridized carbons (Fsp3) is 0.455. The lowest BCUT2D eigenvalue weighted by atomic mass is 10.2. The lowest BCUT2D eigenvalue weighted by molar-refractivity contribution is 0.366. The van der Waals surface area contributed by atoms with Gasteiger partial charge in [0.2, 0.25) is 5.89 Å². The number of nitrogens with zero attached hydrogens (tertiary/aromatic N) is 3. The first kappa shape index (κ1) is 10.9. The van der Waals surface area contributed by atoms with Crippen molar-refractivity contribution in [3.05, 3.63) is 35.7 Å². The van der Waals surface area contributed by atoms with Crippen LogP contribution in [0.5, 0.6) is 0 Å². The first-order chi connectivity index (χ1) is 7.69. The quantitative estimate of drug-likeness (QED) is 0.847. The molecule has 0 bridgehead atoms. The Labute approximate surface area is 94.3 Å². The van der Waals surface area contributed by atoms with E-state index in [1.807, 2.05) is 36.9 Å². The largest absolute Gasteiger partial charge is 0.345 e. The SMILES string of the molecule is CCc1noc(Cn2ccc(C(C)N)c2)n1. The first-order valence-corrected chi connectivity index (χ1v) is 5.41. The highest BCUT2D eigenvalue weighted by Crippen LogP contribution is 2.11. The summed E-state index contributed by atoms with van der Waals surface area (Å²) in [6.07, 6.45) is 4.76. The Bertz CT molecular complexity index is 458. The van der Waals surface area contributed by atoms with Gasteiger partial charge in [-0.15, -0.1) is 0 Å². The zero-order chi connectivity index (χ0) is 11.5. The molecule has 2 rings (SSSR count). The highest BCUT2D eigenvalue weighted by Gasteiger charge is 2.06. The molecule has 0 aromatic carbocycles. The third-order valence-electron chi connectivity index (χ3n) is 2.44. The normalized spacial score (nSPS) is 12.9. The molecule has 86 valence electrons. The summed E-state index contributed by atoms with van der Waals surface area (Å²) in [6, 6.07) is 2.05. The summed E-state index contributed by atoms with van der Waals surface area (Å²) in [4.78, 5) is 4.25. The molecule has 2 aromatic rings. The van der Waals surface area contributed by atoms with E-state index in [9.17, 15) is 0 Å². The molecule has 2 heterocycles. The van der Waals surface area contributed by atoms with E-state index in [1.165, 1.54) is 0 Å². The van der Waals surface area contributed by atoms with Gasteiger partial charge in [-0.3, -0.25) is 0 Å². The van der Waals surface area contributed by atoms with Crippen LogP contribution >= 0.6 is 0 Å². The molecule has 0 spiro atoms. The number of rotatable bonds is 4. The maximum absolute atomic E-state index is 5.78. The van der Waals surface area contributed by atoms with Gasteiger partial charge >= 0.3 is 0 Å². The third kappa shape index (κ3) is 2.30. The summed E-state index contributed by atoms with van der Waals surface area (Å²) in [5, 5.41) is 3.85. The van der Waals surface area contributed by atoms with Crippen molar-refractivity contribution in [2.24, 2.45) is 5.73 Å². The second-order valence-electron chi connectivity index (χ2n) is 3.86. The van der Waals surface area contributed by atoms with Crippen LogP contribution in [0.25, 0.3) is 0 Å². The highest BCUT2D eigenvalue weighted by atomic mass is 16.5. The molecule has 0 saturated heterocycles. The summed E-state index contributed by atoms with van der Waals surface area (Å²) in [7, 11) is 0. The van der Waals surface area contributed by atoms with Crippen LogP contribution in [0.4, 0.5) is 0 Å². The van der Waals surface area contributed by atoms with Gasteiger partial charge < -0.3 is 14.8 Å². The van der Waals surface area contributed by atoms with Gasteiger partial charge in [-0.05, 0) is 18.6 Å². The van der Waals surface area contributed by atoms with Gasteiger partial charge in [0.25, 0.3) is 0 Å². The molecule has 0 fully saturated rings. The average molecular weight is 220 g/mol. The van der Waals surface area contributed by atoms with Crippen molar-refractivity contribution in [3.63, 3.8) is 0 Å².